The lowest BCUT2D eigenvalue weighted by molar-refractivity contribution is 0.294. The number of hydrogen-bond acceptors (Lipinski definition) is 5. The molecular formula is C23H26N2O3S. The lowest BCUT2D eigenvalue weighted by atomic mass is 10.1. The predicted molar refractivity (Wildman–Crippen MR) is 119 cm³/mol. The molecule has 1 aliphatic carbocycles. The SMILES string of the molecule is CCCOc1cc(/C=C/c2nc3sc4c(c3c(=O)[nH]2)CCCCC4)ccc1OC. The minimum atomic E-state index is -0.0317. The number of H-pyrrole nitrogens is 1. The molecule has 0 atom stereocenters. The van der Waals surface area contributed by atoms with Gasteiger partial charge < -0.3 is 14.5 Å². The van der Waals surface area contributed by atoms with E-state index in [0.717, 1.165) is 47.2 Å². The molecule has 1 aromatic carbocycles. The smallest absolute Gasteiger partial charge is 0.260 e. The molecule has 0 radical (unpaired) electrons. The molecule has 1 N–H and O–H groups in total. The number of nitrogens with one attached hydrogen (secondary N) is 1. The van der Waals surface area contributed by atoms with Crippen molar-refractivity contribution >= 4 is 33.7 Å². The summed E-state index contributed by atoms with van der Waals surface area (Å²) in [5, 5.41) is 0.795. The molecule has 1 aliphatic rings. The van der Waals surface area contributed by atoms with Gasteiger partial charge in [0, 0.05) is 4.88 Å². The Morgan fingerprint density at radius 1 is 1.17 bits per heavy atom. The molecule has 0 unspecified atom stereocenters. The Morgan fingerprint density at radius 2 is 2.03 bits per heavy atom. The van der Waals surface area contributed by atoms with Gasteiger partial charge in [0.1, 0.15) is 10.7 Å². The summed E-state index contributed by atoms with van der Waals surface area (Å²) in [6.07, 6.45) is 10.3. The van der Waals surface area contributed by atoms with Crippen molar-refractivity contribution in [3.8, 4) is 11.5 Å². The number of aromatic nitrogens is 2. The summed E-state index contributed by atoms with van der Waals surface area (Å²) in [5.74, 6) is 2.00. The molecule has 0 amide bonds. The van der Waals surface area contributed by atoms with E-state index in [9.17, 15) is 4.79 Å². The van der Waals surface area contributed by atoms with Crippen LogP contribution in [0.2, 0.25) is 0 Å². The van der Waals surface area contributed by atoms with Crippen LogP contribution in [0, 0.1) is 0 Å². The number of nitrogens with zero attached hydrogens (tertiary/aromatic N) is 1. The summed E-state index contributed by atoms with van der Waals surface area (Å²) in [5.41, 5.74) is 2.15. The molecule has 0 saturated heterocycles. The lowest BCUT2D eigenvalue weighted by Gasteiger charge is -2.10. The Hall–Kier alpha value is -2.60. The number of thiophene rings is 1. The Labute approximate surface area is 174 Å². The van der Waals surface area contributed by atoms with Crippen molar-refractivity contribution in [2.75, 3.05) is 13.7 Å². The van der Waals surface area contributed by atoms with E-state index in [2.05, 4.69) is 11.9 Å². The highest BCUT2D eigenvalue weighted by Crippen LogP contribution is 2.33. The molecule has 0 spiro atoms. The van der Waals surface area contributed by atoms with Crippen LogP contribution in [0.15, 0.2) is 23.0 Å². The zero-order chi connectivity index (χ0) is 20.2. The van der Waals surface area contributed by atoms with Crippen molar-refractivity contribution in [3.05, 3.63) is 50.4 Å². The number of fused-ring (bicyclic) bond motifs is 3. The average molecular weight is 411 g/mol. The van der Waals surface area contributed by atoms with Gasteiger partial charge in [0.25, 0.3) is 5.56 Å². The van der Waals surface area contributed by atoms with E-state index in [1.807, 2.05) is 30.4 Å². The number of rotatable bonds is 6. The Balaban J connectivity index is 1.64. The van der Waals surface area contributed by atoms with Crippen molar-refractivity contribution < 1.29 is 9.47 Å². The van der Waals surface area contributed by atoms with Crippen LogP contribution in [0.4, 0.5) is 0 Å². The topological polar surface area (TPSA) is 64.2 Å². The average Bonchev–Trinajstić information content (AvgIpc) is 2.92. The fraction of sp³-hybridized carbons (Fsp3) is 0.391. The number of hydrogen-bond donors (Lipinski definition) is 1. The first-order chi connectivity index (χ1) is 14.2. The summed E-state index contributed by atoms with van der Waals surface area (Å²) >= 11 is 1.68. The lowest BCUT2D eigenvalue weighted by Crippen LogP contribution is -2.10. The molecule has 4 rings (SSSR count). The van der Waals surface area contributed by atoms with E-state index in [4.69, 9.17) is 14.5 Å². The molecule has 0 aliphatic heterocycles. The van der Waals surface area contributed by atoms with E-state index in [1.165, 1.54) is 23.3 Å². The predicted octanol–water partition coefficient (Wildman–Crippen LogP) is 5.22. The largest absolute Gasteiger partial charge is 0.493 e. The second-order valence-electron chi connectivity index (χ2n) is 7.29. The van der Waals surface area contributed by atoms with E-state index in [-0.39, 0.29) is 5.56 Å². The summed E-state index contributed by atoms with van der Waals surface area (Å²) in [7, 11) is 1.64. The van der Waals surface area contributed by atoms with Gasteiger partial charge in [-0.1, -0.05) is 25.5 Å². The number of ether oxygens (including phenoxy) is 2. The minimum absolute atomic E-state index is 0.0317. The van der Waals surface area contributed by atoms with Crippen LogP contribution < -0.4 is 15.0 Å². The van der Waals surface area contributed by atoms with Crippen LogP contribution in [0.5, 0.6) is 11.5 Å². The maximum absolute atomic E-state index is 12.8. The minimum Gasteiger partial charge on any atom is -0.493 e. The van der Waals surface area contributed by atoms with Crippen LogP contribution in [0.3, 0.4) is 0 Å². The second-order valence-corrected chi connectivity index (χ2v) is 8.37. The monoisotopic (exact) mass is 410 g/mol. The van der Waals surface area contributed by atoms with Gasteiger partial charge in [-0.05, 0) is 61.4 Å². The summed E-state index contributed by atoms with van der Waals surface area (Å²) in [6.45, 7) is 2.71. The Kier molecular flexibility index (Phi) is 6.00. The van der Waals surface area contributed by atoms with E-state index >= 15 is 0 Å². The first-order valence-electron chi connectivity index (χ1n) is 10.2. The molecule has 29 heavy (non-hydrogen) atoms. The molecule has 0 fully saturated rings. The van der Waals surface area contributed by atoms with Gasteiger partial charge in [-0.15, -0.1) is 11.3 Å². The zero-order valence-corrected chi connectivity index (χ0v) is 17.7. The maximum Gasteiger partial charge on any atom is 0.260 e. The molecule has 2 heterocycles. The molecule has 152 valence electrons. The molecule has 3 aromatic rings. The van der Waals surface area contributed by atoms with E-state index in [0.29, 0.717) is 18.2 Å². The van der Waals surface area contributed by atoms with E-state index in [1.54, 1.807) is 18.4 Å². The number of methoxy groups -OCH3 is 1. The Bertz CT molecular complexity index is 1100. The van der Waals surface area contributed by atoms with Crippen LogP contribution in [0.1, 0.15) is 54.4 Å². The first kappa shape index (κ1) is 19.7. The fourth-order valence-corrected chi connectivity index (χ4v) is 5.00. The van der Waals surface area contributed by atoms with E-state index < -0.39 is 0 Å². The maximum atomic E-state index is 12.8. The first-order valence-corrected chi connectivity index (χ1v) is 11.0. The molecule has 6 heteroatoms. The van der Waals surface area contributed by atoms with Crippen LogP contribution in [-0.4, -0.2) is 23.7 Å². The van der Waals surface area contributed by atoms with Gasteiger partial charge in [-0.2, -0.15) is 0 Å². The van der Waals surface area contributed by atoms with Gasteiger partial charge in [0.2, 0.25) is 0 Å². The van der Waals surface area contributed by atoms with Crippen molar-refractivity contribution in [1.29, 1.82) is 0 Å². The van der Waals surface area contributed by atoms with Crippen molar-refractivity contribution in [2.24, 2.45) is 0 Å². The quantitative estimate of drug-likeness (QED) is 0.566. The van der Waals surface area contributed by atoms with Gasteiger partial charge in [0.05, 0.1) is 19.1 Å². The number of benzene rings is 1. The van der Waals surface area contributed by atoms with Crippen LogP contribution >= 0.6 is 11.3 Å². The van der Waals surface area contributed by atoms with Gasteiger partial charge >= 0.3 is 0 Å². The summed E-state index contributed by atoms with van der Waals surface area (Å²) in [6, 6.07) is 5.79. The Morgan fingerprint density at radius 3 is 2.86 bits per heavy atom. The zero-order valence-electron chi connectivity index (χ0n) is 16.9. The highest BCUT2D eigenvalue weighted by molar-refractivity contribution is 7.18. The van der Waals surface area contributed by atoms with Gasteiger partial charge in [0.15, 0.2) is 11.5 Å². The third-order valence-electron chi connectivity index (χ3n) is 5.18. The van der Waals surface area contributed by atoms with Gasteiger partial charge in [-0.25, -0.2) is 4.98 Å². The molecule has 5 nitrogen and oxygen atoms in total. The third-order valence-corrected chi connectivity index (χ3v) is 6.36. The molecular weight excluding hydrogens is 384 g/mol. The van der Waals surface area contributed by atoms with Crippen molar-refractivity contribution in [2.45, 2.75) is 45.4 Å². The number of aryl methyl sites for hydroxylation is 2. The normalized spacial score (nSPS) is 14.1. The fourth-order valence-electron chi connectivity index (χ4n) is 3.73. The highest BCUT2D eigenvalue weighted by atomic mass is 32.1. The number of aromatic amines is 1. The summed E-state index contributed by atoms with van der Waals surface area (Å²) < 4.78 is 11.1. The van der Waals surface area contributed by atoms with Crippen LogP contribution in [-0.2, 0) is 12.8 Å². The second kappa shape index (κ2) is 8.82. The van der Waals surface area contributed by atoms with Gasteiger partial charge in [-0.3, -0.25) is 4.79 Å². The van der Waals surface area contributed by atoms with Crippen molar-refractivity contribution in [3.63, 3.8) is 0 Å². The summed E-state index contributed by atoms with van der Waals surface area (Å²) in [4.78, 5) is 22.6. The van der Waals surface area contributed by atoms with Crippen molar-refractivity contribution in [1.82, 2.24) is 9.97 Å². The molecule has 2 aromatic heterocycles. The van der Waals surface area contributed by atoms with Crippen LogP contribution in [0.25, 0.3) is 22.4 Å². The standard InChI is InChI=1S/C23H26N2O3S/c1-3-13-28-18-14-15(9-11-17(18)27-2)10-12-20-24-22(26)21-16-7-5-4-6-8-19(16)29-23(21)25-20/h9-12,14H,3-8,13H2,1-2H3,(H,24,25,26)/b12-10+. The highest BCUT2D eigenvalue weighted by Gasteiger charge is 2.18. The molecule has 0 bridgehead atoms. The molecule has 0 saturated carbocycles. The third kappa shape index (κ3) is 4.22.